The Hall–Kier alpha value is -0.360. The maximum Gasteiger partial charge on any atom is 0.319 e. The van der Waals surface area contributed by atoms with Gasteiger partial charge in [0.1, 0.15) is 0 Å². The molecule has 1 spiro atoms. The molecule has 18 heavy (non-hydrogen) atoms. The first-order valence-electron chi connectivity index (χ1n) is 6.50. The number of halogens is 4. The fourth-order valence-electron chi connectivity index (χ4n) is 3.15. The quantitative estimate of drug-likeness (QED) is 0.791. The van der Waals surface area contributed by atoms with Gasteiger partial charge in [0.05, 0.1) is 6.54 Å². The molecular weight excluding hydrogens is 248 g/mol. The molecule has 106 valence electrons. The van der Waals surface area contributed by atoms with Crippen molar-refractivity contribution in [3.63, 3.8) is 0 Å². The van der Waals surface area contributed by atoms with E-state index >= 15 is 0 Å². The second-order valence-corrected chi connectivity index (χ2v) is 5.66. The van der Waals surface area contributed by atoms with Crippen molar-refractivity contribution in [1.82, 2.24) is 10.2 Å². The Balaban J connectivity index is 2.11. The van der Waals surface area contributed by atoms with Crippen LogP contribution in [0.25, 0.3) is 0 Å². The molecule has 0 bridgehead atoms. The summed E-state index contributed by atoms with van der Waals surface area (Å²) in [7, 11) is 0. The van der Waals surface area contributed by atoms with Crippen molar-refractivity contribution in [3.05, 3.63) is 0 Å². The number of nitrogens with one attached hydrogen (secondary N) is 1. The Labute approximate surface area is 105 Å². The number of piperazine rings is 1. The monoisotopic (exact) mass is 268 g/mol. The van der Waals surface area contributed by atoms with Gasteiger partial charge in [-0.3, -0.25) is 4.90 Å². The largest absolute Gasteiger partial charge is 0.319 e. The smallest absolute Gasteiger partial charge is 0.311 e. The van der Waals surface area contributed by atoms with E-state index in [2.05, 4.69) is 5.32 Å². The second-order valence-electron chi connectivity index (χ2n) is 5.66. The summed E-state index contributed by atoms with van der Waals surface area (Å²) in [6, 6.07) is 0.0738. The highest BCUT2D eigenvalue weighted by Crippen LogP contribution is 2.39. The van der Waals surface area contributed by atoms with Crippen molar-refractivity contribution < 1.29 is 17.6 Å². The molecule has 0 radical (unpaired) electrons. The molecule has 1 N–H and O–H groups in total. The molecule has 0 aromatic rings. The predicted molar refractivity (Wildman–Crippen MR) is 61.2 cm³/mol. The van der Waals surface area contributed by atoms with Crippen LogP contribution in [-0.2, 0) is 0 Å². The van der Waals surface area contributed by atoms with Crippen molar-refractivity contribution in [2.75, 3.05) is 19.6 Å². The summed E-state index contributed by atoms with van der Waals surface area (Å²) in [5, 5.41) is 3.29. The van der Waals surface area contributed by atoms with E-state index in [0.717, 1.165) is 25.7 Å². The maximum atomic E-state index is 13.3. The molecule has 1 unspecified atom stereocenters. The second kappa shape index (κ2) is 4.96. The predicted octanol–water partition coefficient (Wildman–Crippen LogP) is 2.49. The van der Waals surface area contributed by atoms with Crippen LogP contribution in [0.15, 0.2) is 0 Å². The van der Waals surface area contributed by atoms with Crippen LogP contribution in [0.4, 0.5) is 17.6 Å². The fourth-order valence-corrected chi connectivity index (χ4v) is 3.15. The Bertz CT molecular complexity index is 290. The molecule has 2 rings (SSSR count). The number of nitrogens with zero attached hydrogens (tertiary/aromatic N) is 1. The summed E-state index contributed by atoms with van der Waals surface area (Å²) in [4.78, 5) is 1.60. The third-order valence-corrected chi connectivity index (χ3v) is 4.20. The highest BCUT2D eigenvalue weighted by Gasteiger charge is 2.49. The number of rotatable bonds is 3. The molecule has 2 fully saturated rings. The van der Waals surface area contributed by atoms with Gasteiger partial charge in [-0.1, -0.05) is 12.8 Å². The van der Waals surface area contributed by atoms with Gasteiger partial charge in [0, 0.05) is 24.7 Å². The van der Waals surface area contributed by atoms with Crippen molar-refractivity contribution in [2.45, 2.75) is 56.5 Å². The topological polar surface area (TPSA) is 15.3 Å². The minimum absolute atomic E-state index is 0.0738. The highest BCUT2D eigenvalue weighted by molar-refractivity contribution is 5.02. The van der Waals surface area contributed by atoms with E-state index in [1.807, 2.05) is 6.92 Å². The standard InChI is InChI=1S/C12H20F4N2/c1-9-6-18(8-12(15,16)10(13)14)11(7-17-9)4-2-3-5-11/h9-10,17H,2-8H2,1H3. The van der Waals surface area contributed by atoms with Gasteiger partial charge in [0.2, 0.25) is 0 Å². The Kier molecular flexibility index (Phi) is 3.88. The van der Waals surface area contributed by atoms with E-state index in [4.69, 9.17) is 0 Å². The van der Waals surface area contributed by atoms with Gasteiger partial charge in [0.15, 0.2) is 0 Å². The lowest BCUT2D eigenvalue weighted by Crippen LogP contribution is -2.65. The molecule has 1 saturated carbocycles. The molecule has 2 aliphatic rings. The van der Waals surface area contributed by atoms with Crippen LogP contribution in [0.2, 0.25) is 0 Å². The summed E-state index contributed by atoms with van der Waals surface area (Å²) in [5.74, 6) is -3.91. The zero-order valence-electron chi connectivity index (χ0n) is 10.6. The average Bonchev–Trinajstić information content (AvgIpc) is 2.73. The van der Waals surface area contributed by atoms with Gasteiger partial charge in [-0.05, 0) is 19.8 Å². The number of alkyl halides is 4. The summed E-state index contributed by atoms with van der Waals surface area (Å²) in [6.07, 6.45) is 0.0543. The van der Waals surface area contributed by atoms with E-state index in [1.165, 1.54) is 0 Å². The zero-order valence-corrected chi connectivity index (χ0v) is 10.6. The van der Waals surface area contributed by atoms with Crippen molar-refractivity contribution in [2.24, 2.45) is 0 Å². The Morgan fingerprint density at radius 3 is 2.50 bits per heavy atom. The lowest BCUT2D eigenvalue weighted by molar-refractivity contribution is -0.157. The van der Waals surface area contributed by atoms with Gasteiger partial charge in [-0.15, -0.1) is 0 Å². The molecule has 1 aliphatic carbocycles. The summed E-state index contributed by atoms with van der Waals surface area (Å²) in [6.45, 7) is 2.13. The van der Waals surface area contributed by atoms with Crippen LogP contribution < -0.4 is 5.32 Å². The first kappa shape index (κ1) is 14.1. The molecule has 1 heterocycles. The van der Waals surface area contributed by atoms with E-state index in [0.29, 0.717) is 13.1 Å². The summed E-state index contributed by atoms with van der Waals surface area (Å²) < 4.78 is 51.3. The van der Waals surface area contributed by atoms with Gasteiger partial charge >= 0.3 is 12.3 Å². The minimum Gasteiger partial charge on any atom is -0.311 e. The summed E-state index contributed by atoms with van der Waals surface area (Å²) >= 11 is 0. The van der Waals surface area contributed by atoms with Gasteiger partial charge in [-0.25, -0.2) is 8.78 Å². The van der Waals surface area contributed by atoms with Crippen LogP contribution >= 0.6 is 0 Å². The average molecular weight is 268 g/mol. The van der Waals surface area contributed by atoms with E-state index < -0.39 is 18.9 Å². The van der Waals surface area contributed by atoms with E-state index in [-0.39, 0.29) is 11.6 Å². The Morgan fingerprint density at radius 1 is 1.33 bits per heavy atom. The molecule has 6 heteroatoms. The van der Waals surface area contributed by atoms with Crippen molar-refractivity contribution >= 4 is 0 Å². The minimum atomic E-state index is -3.91. The van der Waals surface area contributed by atoms with E-state index in [9.17, 15) is 17.6 Å². The van der Waals surface area contributed by atoms with Crippen LogP contribution in [0.5, 0.6) is 0 Å². The van der Waals surface area contributed by atoms with Crippen molar-refractivity contribution in [1.29, 1.82) is 0 Å². The maximum absolute atomic E-state index is 13.3. The van der Waals surface area contributed by atoms with Crippen molar-refractivity contribution in [3.8, 4) is 0 Å². The first-order chi connectivity index (χ1) is 8.36. The molecule has 1 saturated heterocycles. The summed E-state index contributed by atoms with van der Waals surface area (Å²) in [5.41, 5.74) is -0.329. The lowest BCUT2D eigenvalue weighted by atomic mass is 9.90. The van der Waals surface area contributed by atoms with Gasteiger partial charge < -0.3 is 5.32 Å². The highest BCUT2D eigenvalue weighted by atomic mass is 19.3. The zero-order chi connectivity index (χ0) is 13.4. The SMILES string of the molecule is CC1CN(CC(F)(F)C(F)F)C2(CCCC2)CN1. The van der Waals surface area contributed by atoms with E-state index in [1.54, 1.807) is 4.90 Å². The first-order valence-corrected chi connectivity index (χ1v) is 6.50. The van der Waals surface area contributed by atoms with Crippen LogP contribution in [0.1, 0.15) is 32.6 Å². The van der Waals surface area contributed by atoms with Gasteiger partial charge in [-0.2, -0.15) is 8.78 Å². The third-order valence-electron chi connectivity index (χ3n) is 4.20. The molecule has 0 aromatic heterocycles. The van der Waals surface area contributed by atoms with Crippen LogP contribution in [-0.4, -0.2) is 48.5 Å². The molecular formula is C12H20F4N2. The van der Waals surface area contributed by atoms with Crippen LogP contribution in [0, 0.1) is 0 Å². The molecule has 1 atom stereocenters. The normalized spacial score (nSPS) is 29.3. The molecule has 0 amide bonds. The molecule has 2 nitrogen and oxygen atoms in total. The number of hydrogen-bond acceptors (Lipinski definition) is 2. The fraction of sp³-hybridized carbons (Fsp3) is 1.00. The lowest BCUT2D eigenvalue weighted by Gasteiger charge is -2.48. The number of hydrogen-bond donors (Lipinski definition) is 1. The third kappa shape index (κ3) is 2.64. The van der Waals surface area contributed by atoms with Crippen LogP contribution in [0.3, 0.4) is 0 Å². The molecule has 1 aliphatic heterocycles. The Morgan fingerprint density at radius 2 is 1.94 bits per heavy atom. The van der Waals surface area contributed by atoms with Gasteiger partial charge in [0.25, 0.3) is 0 Å². The molecule has 0 aromatic carbocycles.